The summed E-state index contributed by atoms with van der Waals surface area (Å²) in [6.07, 6.45) is -4.57. The van der Waals surface area contributed by atoms with Gasteiger partial charge < -0.3 is 61.7 Å². The van der Waals surface area contributed by atoms with Crippen molar-refractivity contribution in [2.75, 3.05) is 20.2 Å². The van der Waals surface area contributed by atoms with Crippen LogP contribution in [0.2, 0.25) is 0 Å². The summed E-state index contributed by atoms with van der Waals surface area (Å²) in [5.74, 6) is -0.118. The number of hydrogen-bond donors (Lipinski definition) is 8. The first-order valence-electron chi connectivity index (χ1n) is 12.4. The maximum atomic E-state index is 11.9. The second-order valence-electron chi connectivity index (χ2n) is 10.2. The average Bonchev–Trinajstić information content (AvgIpc) is 2.80. The smallest absolute Gasteiger partial charge is 0.217 e. The zero-order valence-corrected chi connectivity index (χ0v) is 21.6. The van der Waals surface area contributed by atoms with Crippen LogP contribution in [-0.4, -0.2) is 114 Å². The van der Waals surface area contributed by atoms with Gasteiger partial charge in [0.2, 0.25) is 18.1 Å². The van der Waals surface area contributed by atoms with Gasteiger partial charge >= 0.3 is 0 Å². The molecule has 0 spiro atoms. The number of nitrogens with one attached hydrogen (secondary N) is 3. The van der Waals surface area contributed by atoms with Gasteiger partial charge in [-0.3, -0.25) is 9.59 Å². The molecule has 1 saturated carbocycles. The van der Waals surface area contributed by atoms with Gasteiger partial charge in [0.05, 0.1) is 31.3 Å². The fourth-order valence-corrected chi connectivity index (χ4v) is 4.99. The highest BCUT2D eigenvalue weighted by molar-refractivity contribution is 5.73. The number of likely N-dealkylation sites (N-methyl/N-ethyl adjacent to an activating group) is 1. The molecule has 10 N–H and O–H groups in total. The summed E-state index contributed by atoms with van der Waals surface area (Å²) in [6, 6.07) is -2.78. The van der Waals surface area contributed by atoms with Gasteiger partial charge in [0.1, 0.15) is 35.8 Å². The SMILES string of the molecule is CN[C@@H]1[C@@H](O)[C@@H](O[C@@H]2[C@@H](O)[C@H](O[C@H]3OC(CNC(C)=O)=CC[C@H]3N)[C@@H](NC(C)=O)C[C@H]2N)OC[C@]1(C)O. The van der Waals surface area contributed by atoms with E-state index in [-0.39, 0.29) is 31.4 Å². The maximum Gasteiger partial charge on any atom is 0.217 e. The molecule has 2 heterocycles. The lowest BCUT2D eigenvalue weighted by Gasteiger charge is -2.48. The highest BCUT2D eigenvalue weighted by Gasteiger charge is 2.51. The van der Waals surface area contributed by atoms with Crippen molar-refractivity contribution in [3.05, 3.63) is 11.8 Å². The van der Waals surface area contributed by atoms with Gasteiger partial charge in [0, 0.05) is 19.9 Å². The first kappa shape index (κ1) is 29.7. The Morgan fingerprint density at radius 3 is 2.41 bits per heavy atom. The van der Waals surface area contributed by atoms with Crippen molar-refractivity contribution in [1.29, 1.82) is 0 Å². The number of amides is 2. The van der Waals surface area contributed by atoms with Crippen molar-refractivity contribution in [3.8, 4) is 0 Å². The quantitative estimate of drug-likeness (QED) is 0.153. The van der Waals surface area contributed by atoms with Crippen LogP contribution >= 0.6 is 0 Å². The summed E-state index contributed by atoms with van der Waals surface area (Å²) in [7, 11) is 1.59. The molecule has 0 radical (unpaired) electrons. The summed E-state index contributed by atoms with van der Waals surface area (Å²) in [5.41, 5.74) is 11.2. The Balaban J connectivity index is 1.76. The topological polar surface area (TPSA) is 220 Å². The van der Waals surface area contributed by atoms with Crippen LogP contribution in [0.1, 0.15) is 33.6 Å². The summed E-state index contributed by atoms with van der Waals surface area (Å²) >= 11 is 0. The molecule has 2 amide bonds. The van der Waals surface area contributed by atoms with Crippen LogP contribution in [0.4, 0.5) is 0 Å². The molecule has 14 nitrogen and oxygen atoms in total. The van der Waals surface area contributed by atoms with E-state index in [0.717, 1.165) is 0 Å². The first-order valence-corrected chi connectivity index (χ1v) is 12.4. The molecule has 0 bridgehead atoms. The Morgan fingerprint density at radius 1 is 1.11 bits per heavy atom. The average molecular weight is 532 g/mol. The van der Waals surface area contributed by atoms with E-state index in [4.69, 9.17) is 30.4 Å². The Hall–Kier alpha value is -1.88. The molecule has 3 rings (SSSR count). The molecule has 0 unspecified atom stereocenters. The van der Waals surface area contributed by atoms with E-state index in [1.54, 1.807) is 13.1 Å². The third kappa shape index (κ3) is 7.16. The number of aliphatic hydroxyl groups excluding tert-OH is 2. The zero-order chi connectivity index (χ0) is 27.5. The molecule has 37 heavy (non-hydrogen) atoms. The van der Waals surface area contributed by atoms with Gasteiger partial charge in [-0.05, 0) is 32.9 Å². The lowest BCUT2D eigenvalue weighted by Crippen LogP contribution is -2.69. The molecule has 14 heteroatoms. The van der Waals surface area contributed by atoms with E-state index in [1.165, 1.54) is 20.8 Å². The lowest BCUT2D eigenvalue weighted by molar-refractivity contribution is -0.303. The zero-order valence-electron chi connectivity index (χ0n) is 21.6. The van der Waals surface area contributed by atoms with Gasteiger partial charge in [0.25, 0.3) is 0 Å². The third-order valence-corrected chi connectivity index (χ3v) is 6.88. The van der Waals surface area contributed by atoms with Crippen molar-refractivity contribution in [2.24, 2.45) is 11.5 Å². The second-order valence-corrected chi connectivity index (χ2v) is 10.2. The van der Waals surface area contributed by atoms with E-state index >= 15 is 0 Å². The molecular formula is C23H41N5O9. The summed E-state index contributed by atoms with van der Waals surface area (Å²) < 4.78 is 23.5. The van der Waals surface area contributed by atoms with Crippen LogP contribution in [0.3, 0.4) is 0 Å². The molecule has 212 valence electrons. The van der Waals surface area contributed by atoms with E-state index in [2.05, 4.69) is 16.0 Å². The fraction of sp³-hybridized carbons (Fsp3) is 0.826. The summed E-state index contributed by atoms with van der Waals surface area (Å²) in [6.45, 7) is 4.27. The van der Waals surface area contributed by atoms with E-state index in [0.29, 0.717) is 12.2 Å². The molecule has 0 aromatic rings. The maximum absolute atomic E-state index is 11.9. The van der Waals surface area contributed by atoms with Crippen molar-refractivity contribution in [1.82, 2.24) is 16.0 Å². The molecule has 2 aliphatic heterocycles. The van der Waals surface area contributed by atoms with Crippen LogP contribution < -0.4 is 27.4 Å². The number of carbonyl (C=O) groups is 2. The third-order valence-electron chi connectivity index (χ3n) is 6.88. The highest BCUT2D eigenvalue weighted by atomic mass is 16.7. The Morgan fingerprint density at radius 2 is 1.78 bits per heavy atom. The molecule has 2 fully saturated rings. The van der Waals surface area contributed by atoms with E-state index < -0.39 is 66.8 Å². The molecule has 3 aliphatic rings. The molecule has 11 atom stereocenters. The van der Waals surface area contributed by atoms with Crippen LogP contribution in [0.5, 0.6) is 0 Å². The Bertz CT molecular complexity index is 843. The minimum Gasteiger partial charge on any atom is -0.466 e. The molecule has 1 aliphatic carbocycles. The van der Waals surface area contributed by atoms with Gasteiger partial charge in [0.15, 0.2) is 6.29 Å². The van der Waals surface area contributed by atoms with Crippen molar-refractivity contribution in [3.63, 3.8) is 0 Å². The van der Waals surface area contributed by atoms with Gasteiger partial charge in [-0.2, -0.15) is 0 Å². The summed E-state index contributed by atoms with van der Waals surface area (Å²) in [5, 5.41) is 40.9. The van der Waals surface area contributed by atoms with Crippen LogP contribution in [-0.2, 0) is 28.5 Å². The highest BCUT2D eigenvalue weighted by Crippen LogP contribution is 2.32. The normalized spacial score (nSPS) is 42.4. The molecule has 0 aromatic carbocycles. The molecule has 1 saturated heterocycles. The van der Waals surface area contributed by atoms with Gasteiger partial charge in [-0.15, -0.1) is 0 Å². The predicted octanol–water partition coefficient (Wildman–Crippen LogP) is -3.50. The van der Waals surface area contributed by atoms with Crippen LogP contribution in [0, 0.1) is 0 Å². The second kappa shape index (κ2) is 12.3. The monoisotopic (exact) mass is 531 g/mol. The van der Waals surface area contributed by atoms with Crippen LogP contribution in [0.15, 0.2) is 11.8 Å². The van der Waals surface area contributed by atoms with Gasteiger partial charge in [-0.1, -0.05) is 0 Å². The van der Waals surface area contributed by atoms with E-state index in [1.807, 2.05) is 0 Å². The minimum absolute atomic E-state index is 0.124. The van der Waals surface area contributed by atoms with Crippen molar-refractivity contribution in [2.45, 2.75) is 100 Å². The first-order chi connectivity index (χ1) is 17.3. The van der Waals surface area contributed by atoms with Crippen molar-refractivity contribution < 1.29 is 43.9 Å². The van der Waals surface area contributed by atoms with Crippen LogP contribution in [0.25, 0.3) is 0 Å². The van der Waals surface area contributed by atoms with E-state index in [9.17, 15) is 24.9 Å². The number of aliphatic hydroxyl groups is 3. The summed E-state index contributed by atoms with van der Waals surface area (Å²) in [4.78, 5) is 23.2. The predicted molar refractivity (Wildman–Crippen MR) is 129 cm³/mol. The number of carbonyl (C=O) groups excluding carboxylic acids is 2. The number of hydrogen-bond acceptors (Lipinski definition) is 12. The van der Waals surface area contributed by atoms with Gasteiger partial charge in [-0.25, -0.2) is 0 Å². The Kier molecular flexibility index (Phi) is 9.88. The number of nitrogens with two attached hydrogens (primary N) is 2. The fourth-order valence-electron chi connectivity index (χ4n) is 4.99. The molecular weight excluding hydrogens is 490 g/mol. The Labute approximate surface area is 216 Å². The molecule has 0 aromatic heterocycles. The largest absolute Gasteiger partial charge is 0.466 e. The minimum atomic E-state index is -1.37. The lowest BCUT2D eigenvalue weighted by atomic mass is 9.83. The standard InChI is InChI=1S/C23H41N5O9/c1-10(29)27-8-12-5-6-13(24)21(35-12)37-19-15(28-11(2)30)7-14(25)18(16(19)31)36-22-17(32)20(26-4)23(3,33)9-34-22/h5,13-22,26,31-33H,6-9,24-25H2,1-4H3,(H,27,29)(H,28,30)/t13-,14-,15+,16-,17-,18+,19-,20-,21-,22-,23+/m1/s1. The number of rotatable bonds is 8. The van der Waals surface area contributed by atoms with Crippen molar-refractivity contribution >= 4 is 11.8 Å². The number of ether oxygens (including phenoxy) is 4.